The van der Waals surface area contributed by atoms with Crippen molar-refractivity contribution in [2.45, 2.75) is 51.4 Å². The van der Waals surface area contributed by atoms with Crippen molar-refractivity contribution in [1.29, 1.82) is 0 Å². The van der Waals surface area contributed by atoms with Crippen molar-refractivity contribution in [2.24, 2.45) is 11.7 Å². The maximum atomic E-state index is 12.3. The van der Waals surface area contributed by atoms with Crippen molar-refractivity contribution >= 4 is 23.7 Å². The van der Waals surface area contributed by atoms with Crippen molar-refractivity contribution in [2.75, 3.05) is 13.2 Å². The molecule has 0 rings (SSSR count). The highest BCUT2D eigenvalue weighted by atomic mass is 16.4. The molecule has 150 valence electrons. The molecule has 0 saturated heterocycles. The van der Waals surface area contributed by atoms with Gasteiger partial charge in [-0.05, 0) is 12.8 Å². The Bertz CT molecular complexity index is 512. The number of rotatable bonds is 11. The summed E-state index contributed by atoms with van der Waals surface area (Å²) in [5.41, 5.74) is 5.27. The van der Waals surface area contributed by atoms with Gasteiger partial charge in [0.1, 0.15) is 18.1 Å². The molecule has 0 radical (unpaired) electrons. The molecule has 0 bridgehead atoms. The predicted molar refractivity (Wildman–Crippen MR) is 90.7 cm³/mol. The van der Waals surface area contributed by atoms with Crippen LogP contribution >= 0.6 is 0 Å². The lowest BCUT2D eigenvalue weighted by Gasteiger charge is -2.25. The predicted octanol–water partition coefficient (Wildman–Crippen LogP) is -3.10. The van der Waals surface area contributed by atoms with Crippen molar-refractivity contribution in [3.05, 3.63) is 0 Å². The number of aliphatic carboxylic acids is 1. The molecule has 0 saturated carbocycles. The minimum Gasteiger partial charge on any atom is -0.480 e. The second-order valence-corrected chi connectivity index (χ2v) is 6.00. The van der Waals surface area contributed by atoms with Crippen LogP contribution in [0.2, 0.25) is 0 Å². The number of nitrogens with two attached hydrogens (primary N) is 1. The van der Waals surface area contributed by atoms with Crippen LogP contribution in [0.25, 0.3) is 0 Å². The fraction of sp³-hybridized carbons (Fsp3) is 0.733. The van der Waals surface area contributed by atoms with E-state index in [4.69, 9.17) is 10.8 Å². The molecule has 26 heavy (non-hydrogen) atoms. The molecule has 0 spiro atoms. The highest BCUT2D eigenvalue weighted by Gasteiger charge is 2.31. The fourth-order valence-corrected chi connectivity index (χ4v) is 1.94. The van der Waals surface area contributed by atoms with Crippen LogP contribution in [0, 0.1) is 5.92 Å². The van der Waals surface area contributed by atoms with E-state index in [2.05, 4.69) is 16.0 Å². The maximum absolute atomic E-state index is 12.3. The summed E-state index contributed by atoms with van der Waals surface area (Å²) >= 11 is 0. The molecule has 0 aromatic carbocycles. The highest BCUT2D eigenvalue weighted by Crippen LogP contribution is 2.08. The first kappa shape index (κ1) is 23.8. The van der Waals surface area contributed by atoms with Gasteiger partial charge in [0.15, 0.2) is 0 Å². The average Bonchev–Trinajstić information content (AvgIpc) is 2.59. The second-order valence-electron chi connectivity index (χ2n) is 6.00. The van der Waals surface area contributed by atoms with Gasteiger partial charge in [0, 0.05) is 0 Å². The summed E-state index contributed by atoms with van der Waals surface area (Å²) in [7, 11) is 0. The van der Waals surface area contributed by atoms with Crippen molar-refractivity contribution in [3.63, 3.8) is 0 Å². The highest BCUT2D eigenvalue weighted by molar-refractivity contribution is 5.92. The molecule has 8 N–H and O–H groups in total. The zero-order valence-corrected chi connectivity index (χ0v) is 15.1. The fourth-order valence-electron chi connectivity index (χ4n) is 1.94. The molecule has 0 aliphatic heterocycles. The second kappa shape index (κ2) is 11.4. The number of nitrogens with one attached hydrogen (secondary N) is 3. The zero-order valence-electron chi connectivity index (χ0n) is 15.1. The smallest absolute Gasteiger partial charge is 0.326 e. The maximum Gasteiger partial charge on any atom is 0.326 e. The first-order valence-corrected chi connectivity index (χ1v) is 8.19. The van der Waals surface area contributed by atoms with Crippen LogP contribution in [0.5, 0.6) is 0 Å². The summed E-state index contributed by atoms with van der Waals surface area (Å²) in [5.74, 6) is -4.00. The van der Waals surface area contributed by atoms with Crippen LogP contribution < -0.4 is 21.7 Å². The first-order chi connectivity index (χ1) is 12.0. The number of amides is 3. The van der Waals surface area contributed by atoms with Gasteiger partial charge < -0.3 is 37.0 Å². The molecular formula is C15H28N4O7. The van der Waals surface area contributed by atoms with Gasteiger partial charge in [0.05, 0.1) is 19.3 Å². The monoisotopic (exact) mass is 376 g/mol. The van der Waals surface area contributed by atoms with Crippen LogP contribution in [0.15, 0.2) is 0 Å². The molecule has 0 aromatic rings. The quantitative estimate of drug-likeness (QED) is 0.197. The molecular weight excluding hydrogens is 348 g/mol. The summed E-state index contributed by atoms with van der Waals surface area (Å²) in [6, 6.07) is -3.77. The van der Waals surface area contributed by atoms with Crippen molar-refractivity contribution in [3.8, 4) is 0 Å². The lowest BCUT2D eigenvalue weighted by molar-refractivity contribution is -0.144. The van der Waals surface area contributed by atoms with Crippen LogP contribution in [-0.4, -0.2) is 76.4 Å². The number of carboxylic acids is 1. The van der Waals surface area contributed by atoms with E-state index in [9.17, 15) is 29.4 Å². The topological polar surface area (TPSA) is 191 Å². The zero-order chi connectivity index (χ0) is 20.4. The van der Waals surface area contributed by atoms with E-state index < -0.39 is 61.1 Å². The Balaban J connectivity index is 4.86. The molecule has 5 unspecified atom stereocenters. The Morgan fingerprint density at radius 2 is 1.62 bits per heavy atom. The Morgan fingerprint density at radius 1 is 1.04 bits per heavy atom. The Hall–Kier alpha value is -2.24. The lowest BCUT2D eigenvalue weighted by atomic mass is 9.98. The largest absolute Gasteiger partial charge is 0.480 e. The molecule has 0 aliphatic rings. The van der Waals surface area contributed by atoms with E-state index >= 15 is 0 Å². The number of hydrogen-bond acceptors (Lipinski definition) is 7. The summed E-state index contributed by atoms with van der Waals surface area (Å²) in [5, 5.41) is 34.3. The van der Waals surface area contributed by atoms with Gasteiger partial charge in [-0.25, -0.2) is 4.79 Å². The van der Waals surface area contributed by atoms with E-state index in [1.54, 1.807) is 13.8 Å². The molecule has 0 aliphatic carbocycles. The molecule has 0 heterocycles. The standard InChI is InChI=1S/C15H28N4O7/c1-4-7(2)11(15(25)26)19-14(24)12(8(3)21)18-10(22)5-17-13(23)9(16)6-20/h7-9,11-12,20-21H,4-6,16H2,1-3H3,(H,17,23)(H,18,22)(H,19,24)(H,25,26). The Kier molecular flexibility index (Phi) is 10.4. The van der Waals surface area contributed by atoms with E-state index in [1.165, 1.54) is 6.92 Å². The van der Waals surface area contributed by atoms with Crippen LogP contribution in [-0.2, 0) is 19.2 Å². The summed E-state index contributed by atoms with van der Waals surface area (Å²) in [6.07, 6.45) is -0.805. The van der Waals surface area contributed by atoms with Gasteiger partial charge in [-0.15, -0.1) is 0 Å². The number of carbonyl (C=O) groups is 4. The Labute approximate surface area is 151 Å². The SMILES string of the molecule is CCC(C)C(NC(=O)C(NC(=O)CNC(=O)C(N)CO)C(C)O)C(=O)O. The number of hydrogen-bond donors (Lipinski definition) is 7. The van der Waals surface area contributed by atoms with E-state index in [0.717, 1.165) is 0 Å². The first-order valence-electron chi connectivity index (χ1n) is 8.19. The molecule has 11 heteroatoms. The van der Waals surface area contributed by atoms with Gasteiger partial charge in [-0.1, -0.05) is 20.3 Å². The third-order valence-electron chi connectivity index (χ3n) is 3.81. The average molecular weight is 376 g/mol. The van der Waals surface area contributed by atoms with Gasteiger partial charge in [0.25, 0.3) is 0 Å². The third kappa shape index (κ3) is 7.76. The van der Waals surface area contributed by atoms with Crippen molar-refractivity contribution < 1.29 is 34.5 Å². The normalized spacial score (nSPS) is 16.5. The molecule has 3 amide bonds. The molecule has 11 nitrogen and oxygen atoms in total. The minimum absolute atomic E-state index is 0.360. The third-order valence-corrected chi connectivity index (χ3v) is 3.81. The number of carboxylic acid groups (broad SMARTS) is 1. The summed E-state index contributed by atoms with van der Waals surface area (Å²) < 4.78 is 0. The van der Waals surface area contributed by atoms with Crippen molar-refractivity contribution in [1.82, 2.24) is 16.0 Å². The van der Waals surface area contributed by atoms with E-state index in [0.29, 0.717) is 6.42 Å². The van der Waals surface area contributed by atoms with Crippen LogP contribution in [0.3, 0.4) is 0 Å². The minimum atomic E-state index is -1.41. The lowest BCUT2D eigenvalue weighted by Crippen LogP contribution is -2.58. The van der Waals surface area contributed by atoms with Gasteiger partial charge >= 0.3 is 5.97 Å². The number of aliphatic hydroxyl groups is 2. The van der Waals surface area contributed by atoms with Crippen LogP contribution in [0.4, 0.5) is 0 Å². The molecule has 5 atom stereocenters. The molecule has 0 aromatic heterocycles. The summed E-state index contributed by atoms with van der Waals surface area (Å²) in [6.45, 7) is 3.54. The van der Waals surface area contributed by atoms with E-state index in [-0.39, 0.29) is 5.92 Å². The van der Waals surface area contributed by atoms with Gasteiger partial charge in [-0.2, -0.15) is 0 Å². The number of carbonyl (C=O) groups excluding carboxylic acids is 3. The summed E-state index contributed by atoms with van der Waals surface area (Å²) in [4.78, 5) is 46.8. The Morgan fingerprint density at radius 3 is 2.04 bits per heavy atom. The van der Waals surface area contributed by atoms with E-state index in [1.807, 2.05) is 0 Å². The van der Waals surface area contributed by atoms with Crippen LogP contribution in [0.1, 0.15) is 27.2 Å². The van der Waals surface area contributed by atoms with Gasteiger partial charge in [-0.3, -0.25) is 14.4 Å². The van der Waals surface area contributed by atoms with Gasteiger partial charge in [0.2, 0.25) is 17.7 Å². The number of aliphatic hydroxyl groups excluding tert-OH is 2. The molecule has 0 fully saturated rings.